The summed E-state index contributed by atoms with van der Waals surface area (Å²) in [5.41, 5.74) is 2.86. The van der Waals surface area contributed by atoms with E-state index in [1.54, 1.807) is 17.0 Å². The van der Waals surface area contributed by atoms with Crippen LogP contribution in [0.3, 0.4) is 0 Å². The normalized spacial score (nSPS) is 17.0. The molecule has 1 fully saturated rings. The maximum Gasteiger partial charge on any atom is 0.407 e. The maximum absolute atomic E-state index is 13.1. The third-order valence-electron chi connectivity index (χ3n) is 5.29. The van der Waals surface area contributed by atoms with Gasteiger partial charge in [-0.2, -0.15) is 0 Å². The van der Waals surface area contributed by atoms with Crippen molar-refractivity contribution in [2.45, 2.75) is 13.0 Å². The molecule has 1 atom stereocenters. The lowest BCUT2D eigenvalue weighted by atomic mass is 10.1. The zero-order chi connectivity index (χ0) is 20.7. The minimum Gasteiger partial charge on any atom is -0.465 e. The Morgan fingerprint density at radius 1 is 1.21 bits per heavy atom. The molecule has 1 aliphatic heterocycles. The molecular formula is C21H21ClN4O3. The molecular weight excluding hydrogens is 392 g/mol. The molecule has 0 spiro atoms. The van der Waals surface area contributed by atoms with Crippen LogP contribution >= 0.6 is 11.6 Å². The molecule has 0 bridgehead atoms. The Kier molecular flexibility index (Phi) is 4.92. The topological polar surface area (TPSA) is 78.7 Å². The van der Waals surface area contributed by atoms with Crippen molar-refractivity contribution in [1.29, 1.82) is 0 Å². The fourth-order valence-electron chi connectivity index (χ4n) is 3.72. The van der Waals surface area contributed by atoms with Gasteiger partial charge >= 0.3 is 6.09 Å². The molecule has 150 valence electrons. The summed E-state index contributed by atoms with van der Waals surface area (Å²) in [5.74, 6) is -0.132. The predicted octanol–water partition coefficient (Wildman–Crippen LogP) is 3.72. The highest BCUT2D eigenvalue weighted by atomic mass is 35.5. The van der Waals surface area contributed by atoms with Crippen LogP contribution in [0.15, 0.2) is 42.7 Å². The average Bonchev–Trinajstić information content (AvgIpc) is 3.13. The second kappa shape index (κ2) is 7.40. The van der Waals surface area contributed by atoms with E-state index < -0.39 is 6.09 Å². The van der Waals surface area contributed by atoms with Crippen LogP contribution in [0.25, 0.3) is 22.2 Å². The Morgan fingerprint density at radius 3 is 2.66 bits per heavy atom. The van der Waals surface area contributed by atoms with Gasteiger partial charge < -0.3 is 19.5 Å². The van der Waals surface area contributed by atoms with Gasteiger partial charge in [-0.1, -0.05) is 17.7 Å². The number of piperazine rings is 1. The van der Waals surface area contributed by atoms with Crippen LogP contribution in [-0.2, 0) is 7.05 Å². The van der Waals surface area contributed by atoms with Gasteiger partial charge in [0.1, 0.15) is 0 Å². The Hall–Kier alpha value is -3.06. The van der Waals surface area contributed by atoms with Crippen molar-refractivity contribution in [3.8, 4) is 11.3 Å². The van der Waals surface area contributed by atoms with Crippen molar-refractivity contribution < 1.29 is 14.7 Å². The highest BCUT2D eigenvalue weighted by Crippen LogP contribution is 2.29. The number of rotatable bonds is 2. The van der Waals surface area contributed by atoms with E-state index in [1.165, 1.54) is 4.90 Å². The molecule has 1 saturated heterocycles. The summed E-state index contributed by atoms with van der Waals surface area (Å²) in [4.78, 5) is 32.0. The van der Waals surface area contributed by atoms with Gasteiger partial charge in [0, 0.05) is 61.6 Å². The number of hydrogen-bond donors (Lipinski definition) is 1. The number of fused-ring (bicyclic) bond motifs is 1. The first-order valence-corrected chi connectivity index (χ1v) is 9.73. The number of halogens is 1. The van der Waals surface area contributed by atoms with E-state index in [1.807, 2.05) is 49.1 Å². The molecule has 0 saturated carbocycles. The summed E-state index contributed by atoms with van der Waals surface area (Å²) >= 11 is 6.47. The average molecular weight is 413 g/mol. The molecule has 7 nitrogen and oxygen atoms in total. The van der Waals surface area contributed by atoms with Crippen molar-refractivity contribution in [2.24, 2.45) is 7.05 Å². The van der Waals surface area contributed by atoms with E-state index in [9.17, 15) is 9.59 Å². The lowest BCUT2D eigenvalue weighted by molar-refractivity contribution is 0.0484. The number of carbonyl (C=O) groups excluding carboxylic acids is 1. The van der Waals surface area contributed by atoms with E-state index >= 15 is 0 Å². The van der Waals surface area contributed by atoms with E-state index in [-0.39, 0.29) is 11.9 Å². The van der Waals surface area contributed by atoms with Gasteiger partial charge in [0.2, 0.25) is 0 Å². The second-order valence-electron chi connectivity index (χ2n) is 7.36. The van der Waals surface area contributed by atoms with Crippen LogP contribution in [0, 0.1) is 0 Å². The Bertz CT molecular complexity index is 1110. The smallest absolute Gasteiger partial charge is 0.407 e. The van der Waals surface area contributed by atoms with Crippen molar-refractivity contribution in [2.75, 3.05) is 19.6 Å². The third-order valence-corrected chi connectivity index (χ3v) is 5.61. The monoisotopic (exact) mass is 412 g/mol. The van der Waals surface area contributed by atoms with Gasteiger partial charge in [-0.25, -0.2) is 9.78 Å². The Labute approximate surface area is 173 Å². The van der Waals surface area contributed by atoms with Gasteiger partial charge in [0.25, 0.3) is 5.91 Å². The van der Waals surface area contributed by atoms with E-state index in [4.69, 9.17) is 21.7 Å². The molecule has 0 radical (unpaired) electrons. The standard InChI is InChI=1S/C21H21ClN4O3/c1-13-11-25(21(28)29)7-8-26(13)20(27)14-3-4-16-17(22)10-18(23-19(16)9-14)15-5-6-24(2)12-15/h3-6,9-10,12-13H,7-8,11H2,1-2H3,(H,28,29). The van der Waals surface area contributed by atoms with Crippen LogP contribution in [0.4, 0.5) is 4.79 Å². The fourth-order valence-corrected chi connectivity index (χ4v) is 3.98. The number of benzene rings is 1. The minimum absolute atomic E-state index is 0.132. The lowest BCUT2D eigenvalue weighted by Crippen LogP contribution is -2.55. The first kappa shape index (κ1) is 19.3. The Balaban J connectivity index is 1.66. The van der Waals surface area contributed by atoms with Crippen molar-refractivity contribution in [3.05, 3.63) is 53.3 Å². The lowest BCUT2D eigenvalue weighted by Gasteiger charge is -2.38. The fraction of sp³-hybridized carbons (Fsp3) is 0.286. The highest BCUT2D eigenvalue weighted by Gasteiger charge is 2.30. The summed E-state index contributed by atoms with van der Waals surface area (Å²) in [5, 5.41) is 10.5. The van der Waals surface area contributed by atoms with Crippen molar-refractivity contribution >= 4 is 34.5 Å². The largest absolute Gasteiger partial charge is 0.465 e. The molecule has 1 N–H and O–H groups in total. The van der Waals surface area contributed by atoms with E-state index in [2.05, 4.69) is 0 Å². The highest BCUT2D eigenvalue weighted by molar-refractivity contribution is 6.35. The number of carbonyl (C=O) groups is 2. The van der Waals surface area contributed by atoms with Gasteiger partial charge in [-0.15, -0.1) is 0 Å². The number of amides is 2. The molecule has 2 aromatic heterocycles. The molecule has 29 heavy (non-hydrogen) atoms. The van der Waals surface area contributed by atoms with Gasteiger partial charge in [0.15, 0.2) is 0 Å². The Morgan fingerprint density at radius 2 is 2.00 bits per heavy atom. The quantitative estimate of drug-likeness (QED) is 0.695. The number of hydrogen-bond acceptors (Lipinski definition) is 3. The molecule has 3 heterocycles. The van der Waals surface area contributed by atoms with Gasteiger partial charge in [-0.3, -0.25) is 4.79 Å². The number of nitrogens with zero attached hydrogens (tertiary/aromatic N) is 4. The van der Waals surface area contributed by atoms with Crippen LogP contribution in [0.5, 0.6) is 0 Å². The molecule has 1 unspecified atom stereocenters. The molecule has 4 rings (SSSR count). The number of pyridine rings is 1. The van der Waals surface area contributed by atoms with E-state index in [0.29, 0.717) is 35.7 Å². The molecule has 1 aliphatic rings. The van der Waals surface area contributed by atoms with Crippen LogP contribution < -0.4 is 0 Å². The van der Waals surface area contributed by atoms with Crippen molar-refractivity contribution in [1.82, 2.24) is 19.4 Å². The molecule has 2 amide bonds. The summed E-state index contributed by atoms with van der Waals surface area (Å²) in [7, 11) is 1.94. The third kappa shape index (κ3) is 3.65. The molecule has 1 aromatic carbocycles. The summed E-state index contributed by atoms with van der Waals surface area (Å²) < 4.78 is 1.94. The summed E-state index contributed by atoms with van der Waals surface area (Å²) in [6.07, 6.45) is 2.94. The molecule has 3 aromatic rings. The van der Waals surface area contributed by atoms with Gasteiger partial charge in [-0.05, 0) is 31.2 Å². The zero-order valence-corrected chi connectivity index (χ0v) is 16.9. The minimum atomic E-state index is -0.957. The number of carboxylic acid groups (broad SMARTS) is 1. The zero-order valence-electron chi connectivity index (χ0n) is 16.2. The summed E-state index contributed by atoms with van der Waals surface area (Å²) in [6, 6.07) is 8.90. The van der Waals surface area contributed by atoms with Crippen LogP contribution in [0.2, 0.25) is 5.02 Å². The first-order valence-electron chi connectivity index (χ1n) is 9.35. The maximum atomic E-state index is 13.1. The number of aryl methyl sites for hydroxylation is 1. The van der Waals surface area contributed by atoms with Gasteiger partial charge in [0.05, 0.1) is 16.2 Å². The number of aromatic nitrogens is 2. The second-order valence-corrected chi connectivity index (χ2v) is 7.77. The molecule has 0 aliphatic carbocycles. The predicted molar refractivity (Wildman–Crippen MR) is 111 cm³/mol. The molecule has 8 heteroatoms. The van der Waals surface area contributed by atoms with E-state index in [0.717, 1.165) is 16.6 Å². The van der Waals surface area contributed by atoms with Crippen LogP contribution in [-0.4, -0.2) is 62.1 Å². The van der Waals surface area contributed by atoms with Crippen molar-refractivity contribution in [3.63, 3.8) is 0 Å². The van der Waals surface area contributed by atoms with Crippen LogP contribution in [0.1, 0.15) is 17.3 Å². The SMILES string of the molecule is CC1CN(C(=O)O)CCN1C(=O)c1ccc2c(Cl)cc(-c3ccn(C)c3)nc2c1. The first-order chi connectivity index (χ1) is 13.8. The summed E-state index contributed by atoms with van der Waals surface area (Å²) in [6.45, 7) is 2.83.